The molecular formula is C21H23N3S2. The fourth-order valence-corrected chi connectivity index (χ4v) is 5.02. The second kappa shape index (κ2) is 7.91. The average molecular weight is 382 g/mol. The molecule has 0 N–H and O–H groups in total. The van der Waals surface area contributed by atoms with E-state index in [-0.39, 0.29) is 0 Å². The molecule has 0 unspecified atom stereocenters. The highest BCUT2D eigenvalue weighted by Crippen LogP contribution is 2.37. The van der Waals surface area contributed by atoms with Crippen LogP contribution in [0.3, 0.4) is 0 Å². The maximum Gasteiger partial charge on any atom is 0.174 e. The van der Waals surface area contributed by atoms with Gasteiger partial charge in [0.05, 0.1) is 6.54 Å². The summed E-state index contributed by atoms with van der Waals surface area (Å²) in [5.41, 5.74) is 5.64. The van der Waals surface area contributed by atoms with Crippen LogP contribution in [0, 0.1) is 6.92 Å². The van der Waals surface area contributed by atoms with Crippen molar-refractivity contribution >= 4 is 23.1 Å². The first-order valence-corrected chi connectivity index (χ1v) is 11.0. The highest BCUT2D eigenvalue weighted by Gasteiger charge is 2.28. The van der Waals surface area contributed by atoms with Gasteiger partial charge in [-0.1, -0.05) is 77.2 Å². The van der Waals surface area contributed by atoms with Gasteiger partial charge in [-0.05, 0) is 42.7 Å². The van der Waals surface area contributed by atoms with Gasteiger partial charge in [-0.15, -0.1) is 10.2 Å². The van der Waals surface area contributed by atoms with Gasteiger partial charge >= 0.3 is 0 Å². The minimum absolute atomic E-state index is 0.453. The van der Waals surface area contributed by atoms with Gasteiger partial charge in [0.1, 0.15) is 5.01 Å². The highest BCUT2D eigenvalue weighted by molar-refractivity contribution is 8.00. The zero-order valence-electron chi connectivity index (χ0n) is 15.2. The monoisotopic (exact) mass is 381 g/mol. The molecule has 2 aromatic carbocycles. The fraction of sp³-hybridized carbons (Fsp3) is 0.333. The number of aryl methyl sites for hydroxylation is 2. The van der Waals surface area contributed by atoms with Gasteiger partial charge in [-0.2, -0.15) is 0 Å². The summed E-state index contributed by atoms with van der Waals surface area (Å²) in [5.74, 6) is 0. The van der Waals surface area contributed by atoms with Crippen molar-refractivity contribution in [1.82, 2.24) is 15.1 Å². The predicted molar refractivity (Wildman–Crippen MR) is 110 cm³/mol. The van der Waals surface area contributed by atoms with Crippen molar-refractivity contribution in [2.24, 2.45) is 0 Å². The second-order valence-corrected chi connectivity index (χ2v) is 8.93. The molecule has 0 amide bonds. The Bertz CT molecular complexity index is 873. The summed E-state index contributed by atoms with van der Waals surface area (Å²) in [7, 11) is 0. The van der Waals surface area contributed by atoms with Crippen molar-refractivity contribution in [3.63, 3.8) is 0 Å². The molecule has 0 saturated carbocycles. The van der Waals surface area contributed by atoms with Gasteiger partial charge < -0.3 is 0 Å². The lowest BCUT2D eigenvalue weighted by molar-refractivity contribution is 0.177. The molecule has 1 aromatic heterocycles. The Balaban J connectivity index is 1.61. The van der Waals surface area contributed by atoms with E-state index in [1.165, 1.54) is 28.7 Å². The molecule has 134 valence electrons. The summed E-state index contributed by atoms with van der Waals surface area (Å²) in [6.07, 6.45) is 4.40. The molecule has 0 bridgehead atoms. The molecule has 0 radical (unpaired) electrons. The Morgan fingerprint density at radius 3 is 2.65 bits per heavy atom. The lowest BCUT2D eigenvalue weighted by Gasteiger charge is -2.29. The first kappa shape index (κ1) is 17.7. The summed E-state index contributed by atoms with van der Waals surface area (Å²) in [4.78, 5) is 2.57. The summed E-state index contributed by atoms with van der Waals surface area (Å²) in [6.45, 7) is 3.93. The summed E-state index contributed by atoms with van der Waals surface area (Å²) in [6, 6.07) is 18.2. The van der Waals surface area contributed by atoms with Crippen molar-refractivity contribution in [2.45, 2.75) is 43.2 Å². The number of hydrogen-bond donors (Lipinski definition) is 0. The number of rotatable bonds is 6. The topological polar surface area (TPSA) is 29.0 Å². The van der Waals surface area contributed by atoms with Crippen molar-refractivity contribution in [3.8, 4) is 0 Å². The largest absolute Gasteiger partial charge is 0.285 e. The molecule has 1 aliphatic carbocycles. The maximum absolute atomic E-state index is 4.42. The third-order valence-electron chi connectivity index (χ3n) is 5.01. The summed E-state index contributed by atoms with van der Waals surface area (Å²) >= 11 is 3.38. The van der Waals surface area contributed by atoms with Crippen molar-refractivity contribution in [2.75, 3.05) is 6.26 Å². The molecule has 1 atom stereocenters. The fourth-order valence-electron chi connectivity index (χ4n) is 3.68. The van der Waals surface area contributed by atoms with Gasteiger partial charge in [0, 0.05) is 12.6 Å². The van der Waals surface area contributed by atoms with Crippen LogP contribution in [-0.4, -0.2) is 21.4 Å². The SMILES string of the molecule is CSc1nnc(CN(Cc2ccc(C)cc2)[C@@H]2CCc3ccccc32)s1. The van der Waals surface area contributed by atoms with Gasteiger partial charge in [-0.25, -0.2) is 0 Å². The van der Waals surface area contributed by atoms with E-state index >= 15 is 0 Å². The first-order chi connectivity index (χ1) is 12.7. The average Bonchev–Trinajstić information content (AvgIpc) is 3.29. The van der Waals surface area contributed by atoms with Crippen LogP contribution in [0.5, 0.6) is 0 Å². The summed E-state index contributed by atoms with van der Waals surface area (Å²) < 4.78 is 1.04. The Kier molecular flexibility index (Phi) is 5.38. The first-order valence-electron chi connectivity index (χ1n) is 8.96. The molecule has 26 heavy (non-hydrogen) atoms. The van der Waals surface area contributed by atoms with Gasteiger partial charge in [0.25, 0.3) is 0 Å². The molecule has 0 fully saturated rings. The molecule has 0 spiro atoms. The minimum Gasteiger partial charge on any atom is -0.285 e. The second-order valence-electron chi connectivity index (χ2n) is 6.81. The van der Waals surface area contributed by atoms with E-state index in [0.29, 0.717) is 6.04 Å². The van der Waals surface area contributed by atoms with E-state index in [9.17, 15) is 0 Å². The number of hydrogen-bond acceptors (Lipinski definition) is 5. The Morgan fingerprint density at radius 2 is 1.88 bits per heavy atom. The number of fused-ring (bicyclic) bond motifs is 1. The highest BCUT2D eigenvalue weighted by atomic mass is 32.2. The smallest absolute Gasteiger partial charge is 0.174 e. The van der Waals surface area contributed by atoms with E-state index in [1.807, 2.05) is 0 Å². The lowest BCUT2D eigenvalue weighted by Crippen LogP contribution is -2.26. The number of nitrogens with zero attached hydrogens (tertiary/aromatic N) is 3. The van der Waals surface area contributed by atoms with Crippen LogP contribution in [0.2, 0.25) is 0 Å². The molecular weight excluding hydrogens is 358 g/mol. The van der Waals surface area contributed by atoms with Crippen LogP contribution in [-0.2, 0) is 19.5 Å². The van der Waals surface area contributed by atoms with Crippen molar-refractivity contribution < 1.29 is 0 Å². The molecule has 3 nitrogen and oxygen atoms in total. The van der Waals surface area contributed by atoms with E-state index < -0.39 is 0 Å². The van der Waals surface area contributed by atoms with Gasteiger partial charge in [-0.3, -0.25) is 4.90 Å². The number of thioether (sulfide) groups is 1. The summed E-state index contributed by atoms with van der Waals surface area (Å²) in [5, 5.41) is 9.80. The normalized spacial score (nSPS) is 16.2. The van der Waals surface area contributed by atoms with Crippen LogP contribution in [0.15, 0.2) is 52.9 Å². The molecule has 1 heterocycles. The predicted octanol–water partition coefficient (Wildman–Crippen LogP) is 5.26. The zero-order valence-corrected chi connectivity index (χ0v) is 16.8. The van der Waals surface area contributed by atoms with E-state index in [2.05, 4.69) is 76.8 Å². The lowest BCUT2D eigenvalue weighted by atomic mass is 10.1. The van der Waals surface area contributed by atoms with E-state index in [0.717, 1.165) is 28.9 Å². The molecule has 5 heteroatoms. The molecule has 0 aliphatic heterocycles. The van der Waals surface area contributed by atoms with Crippen molar-refractivity contribution in [3.05, 3.63) is 75.8 Å². The van der Waals surface area contributed by atoms with Gasteiger partial charge in [0.15, 0.2) is 4.34 Å². The van der Waals surface area contributed by atoms with Crippen LogP contribution < -0.4 is 0 Å². The van der Waals surface area contributed by atoms with Crippen LogP contribution in [0.4, 0.5) is 0 Å². The van der Waals surface area contributed by atoms with Crippen LogP contribution >= 0.6 is 23.1 Å². The standard InChI is InChI=1S/C21H23N3S2/c1-15-7-9-16(10-8-15)13-24(14-20-22-23-21(25-2)26-20)19-12-11-17-5-3-4-6-18(17)19/h3-10,19H,11-14H2,1-2H3/t19-/m1/s1. The number of benzene rings is 2. The molecule has 1 aliphatic rings. The van der Waals surface area contributed by atoms with E-state index in [4.69, 9.17) is 0 Å². The Hall–Kier alpha value is -1.69. The van der Waals surface area contributed by atoms with Gasteiger partial charge in [0.2, 0.25) is 0 Å². The third kappa shape index (κ3) is 3.85. The third-order valence-corrected chi connectivity index (χ3v) is 6.89. The van der Waals surface area contributed by atoms with Crippen LogP contribution in [0.1, 0.15) is 39.7 Å². The Labute approximate surface area is 163 Å². The van der Waals surface area contributed by atoms with Crippen LogP contribution in [0.25, 0.3) is 0 Å². The maximum atomic E-state index is 4.42. The van der Waals surface area contributed by atoms with Crippen molar-refractivity contribution in [1.29, 1.82) is 0 Å². The quantitative estimate of drug-likeness (QED) is 0.545. The molecule has 0 saturated heterocycles. The number of aromatic nitrogens is 2. The molecule has 3 aromatic rings. The molecule has 4 rings (SSSR count). The zero-order chi connectivity index (χ0) is 17.9. The van der Waals surface area contributed by atoms with E-state index in [1.54, 1.807) is 23.1 Å². The Morgan fingerprint density at radius 1 is 1.08 bits per heavy atom. The minimum atomic E-state index is 0.453.